The molecule has 1 unspecified atom stereocenters. The average molecular weight is 484 g/mol. The largest absolute Gasteiger partial charge is 0.507 e. The van der Waals surface area contributed by atoms with Crippen molar-refractivity contribution >= 4 is 23.7 Å². The van der Waals surface area contributed by atoms with E-state index in [0.29, 0.717) is 42.4 Å². The summed E-state index contributed by atoms with van der Waals surface area (Å²) in [5.41, 5.74) is 0.441. The van der Waals surface area contributed by atoms with Gasteiger partial charge in [-0.3, -0.25) is 4.90 Å². The number of anilines is 2. The summed E-state index contributed by atoms with van der Waals surface area (Å²) in [4.78, 5) is 31.2. The zero-order chi connectivity index (χ0) is 25.5. The van der Waals surface area contributed by atoms with Gasteiger partial charge in [-0.1, -0.05) is 12.1 Å². The number of piperazine rings is 1. The number of benzene rings is 1. The highest BCUT2D eigenvalue weighted by atomic mass is 16.6. The number of hydrogen-bond donors (Lipinski definition) is 1. The number of aromatic hydroxyl groups is 1. The van der Waals surface area contributed by atoms with Crippen LogP contribution in [0, 0.1) is 0 Å². The van der Waals surface area contributed by atoms with Crippen molar-refractivity contribution in [2.45, 2.75) is 58.8 Å². The van der Waals surface area contributed by atoms with E-state index in [0.717, 1.165) is 0 Å². The molecule has 2 aliphatic heterocycles. The van der Waals surface area contributed by atoms with E-state index >= 15 is 0 Å². The first kappa shape index (κ1) is 24.6. The maximum Gasteiger partial charge on any atom is 0.416 e. The molecule has 0 spiro atoms. The molecule has 188 valence electrons. The van der Waals surface area contributed by atoms with Crippen LogP contribution in [0.3, 0.4) is 0 Å². The van der Waals surface area contributed by atoms with Gasteiger partial charge in [0, 0.05) is 25.2 Å². The summed E-state index contributed by atoms with van der Waals surface area (Å²) in [6.45, 7) is 12.6. The minimum Gasteiger partial charge on any atom is -0.507 e. The van der Waals surface area contributed by atoms with Gasteiger partial charge < -0.3 is 24.4 Å². The first-order valence-electron chi connectivity index (χ1n) is 11.7. The number of amides is 2. The quantitative estimate of drug-likeness (QED) is 0.648. The molecular weight excluding hydrogens is 450 g/mol. The van der Waals surface area contributed by atoms with Gasteiger partial charge >= 0.3 is 12.2 Å². The Hall–Kier alpha value is -3.56. The lowest BCUT2D eigenvalue weighted by atomic mass is 10.0. The smallest absolute Gasteiger partial charge is 0.416 e. The molecule has 1 aromatic heterocycles. The van der Waals surface area contributed by atoms with E-state index < -0.39 is 17.3 Å². The van der Waals surface area contributed by atoms with Gasteiger partial charge in [0.05, 0.1) is 24.0 Å². The van der Waals surface area contributed by atoms with Crippen LogP contribution in [0.25, 0.3) is 11.3 Å². The van der Waals surface area contributed by atoms with Gasteiger partial charge in [-0.05, 0) is 59.7 Å². The highest BCUT2D eigenvalue weighted by Crippen LogP contribution is 2.39. The molecule has 3 heterocycles. The molecule has 1 aromatic carbocycles. The third-order valence-electron chi connectivity index (χ3n) is 5.64. The van der Waals surface area contributed by atoms with Gasteiger partial charge in [-0.25, -0.2) is 9.59 Å². The summed E-state index contributed by atoms with van der Waals surface area (Å²) in [6, 6.07) is 8.53. The molecule has 10 heteroatoms. The second-order valence-electron chi connectivity index (χ2n) is 10.8. The number of hydrogen-bond acceptors (Lipinski definition) is 8. The fourth-order valence-electron chi connectivity index (χ4n) is 4.20. The normalized spacial score (nSPS) is 18.0. The van der Waals surface area contributed by atoms with Crippen LogP contribution < -0.4 is 9.80 Å². The lowest BCUT2D eigenvalue weighted by Gasteiger charge is -2.48. The van der Waals surface area contributed by atoms with Crippen LogP contribution in [0.15, 0.2) is 30.3 Å². The van der Waals surface area contributed by atoms with Crippen LogP contribution in [0.4, 0.5) is 21.1 Å². The minimum atomic E-state index is -0.688. The Morgan fingerprint density at radius 2 is 1.60 bits per heavy atom. The van der Waals surface area contributed by atoms with Gasteiger partial charge in [0.1, 0.15) is 17.0 Å². The Labute approximate surface area is 205 Å². The van der Waals surface area contributed by atoms with E-state index in [-0.39, 0.29) is 24.4 Å². The predicted octanol–water partition coefficient (Wildman–Crippen LogP) is 4.03. The fourth-order valence-corrected chi connectivity index (χ4v) is 4.20. The summed E-state index contributed by atoms with van der Waals surface area (Å²) in [7, 11) is 0. The van der Waals surface area contributed by atoms with Crippen LogP contribution >= 0.6 is 0 Å². The van der Waals surface area contributed by atoms with Crippen LogP contribution in [-0.2, 0) is 9.47 Å². The predicted molar refractivity (Wildman–Crippen MR) is 132 cm³/mol. The zero-order valence-corrected chi connectivity index (χ0v) is 21.1. The maximum atomic E-state index is 13.1. The number of ether oxygens (including phenoxy) is 2. The van der Waals surface area contributed by atoms with Crippen molar-refractivity contribution in [3.05, 3.63) is 30.3 Å². The van der Waals surface area contributed by atoms with Crippen molar-refractivity contribution in [1.82, 2.24) is 15.1 Å². The molecule has 0 radical (unpaired) electrons. The number of carbonyl (C=O) groups excluding carboxylic acids is 2. The van der Waals surface area contributed by atoms with Gasteiger partial charge in [0.2, 0.25) is 0 Å². The first-order chi connectivity index (χ1) is 16.3. The molecule has 0 saturated carbocycles. The Bertz CT molecular complexity index is 1120. The molecule has 1 saturated heterocycles. The lowest BCUT2D eigenvalue weighted by molar-refractivity contribution is 0.0214. The van der Waals surface area contributed by atoms with E-state index in [1.165, 1.54) is 4.90 Å². The first-order valence-corrected chi connectivity index (χ1v) is 11.7. The second-order valence-corrected chi connectivity index (χ2v) is 10.8. The van der Waals surface area contributed by atoms with Crippen molar-refractivity contribution in [3.63, 3.8) is 0 Å². The molecule has 2 amide bonds. The number of phenolic OH excluding ortho intramolecular Hbond substituents is 1. The Balaban J connectivity index is 1.70. The monoisotopic (exact) mass is 483 g/mol. The fraction of sp³-hybridized carbons (Fsp3) is 0.520. The molecule has 1 atom stereocenters. The van der Waals surface area contributed by atoms with Gasteiger partial charge in [-0.2, -0.15) is 0 Å². The van der Waals surface area contributed by atoms with Crippen molar-refractivity contribution in [1.29, 1.82) is 0 Å². The summed E-state index contributed by atoms with van der Waals surface area (Å²) in [5, 5.41) is 19.0. The van der Waals surface area contributed by atoms with Crippen molar-refractivity contribution < 1.29 is 24.2 Å². The highest BCUT2D eigenvalue weighted by molar-refractivity contribution is 5.93. The average Bonchev–Trinajstić information content (AvgIpc) is 2.75. The van der Waals surface area contributed by atoms with E-state index in [1.54, 1.807) is 43.9 Å². The molecular formula is C25H33N5O5. The molecule has 0 bridgehead atoms. The standard InChI is InChI=1S/C25H33N5O5/c1-24(2,3)34-22(32)28-11-12-29-16(14-28)15-30(23(33)35-25(4,5)6)21-19(29)13-18(26-27-21)17-9-7-8-10-20(17)31/h7-10,13,16,31H,11-12,14-15H2,1-6H3. The maximum absolute atomic E-state index is 13.1. The van der Waals surface area contributed by atoms with Crippen LogP contribution in [0.1, 0.15) is 41.5 Å². The number of carbonyl (C=O) groups is 2. The molecule has 2 aliphatic rings. The van der Waals surface area contributed by atoms with Gasteiger partial charge in [0.25, 0.3) is 0 Å². The molecule has 35 heavy (non-hydrogen) atoms. The van der Waals surface area contributed by atoms with Crippen molar-refractivity contribution in [2.75, 3.05) is 36.0 Å². The third kappa shape index (κ3) is 5.41. The van der Waals surface area contributed by atoms with Crippen molar-refractivity contribution in [3.8, 4) is 17.0 Å². The number of para-hydroxylation sites is 1. The Kier molecular flexibility index (Phi) is 6.25. The Morgan fingerprint density at radius 1 is 0.943 bits per heavy atom. The van der Waals surface area contributed by atoms with E-state index in [1.807, 2.05) is 32.9 Å². The number of nitrogens with zero attached hydrogens (tertiary/aromatic N) is 5. The minimum absolute atomic E-state index is 0.0906. The molecule has 1 fully saturated rings. The number of aromatic nitrogens is 2. The summed E-state index contributed by atoms with van der Waals surface area (Å²) in [5.74, 6) is 0.480. The number of rotatable bonds is 1. The number of phenols is 1. The van der Waals surface area contributed by atoms with Crippen LogP contribution in [-0.4, -0.2) is 75.8 Å². The van der Waals surface area contributed by atoms with E-state index in [2.05, 4.69) is 15.1 Å². The Morgan fingerprint density at radius 3 is 2.26 bits per heavy atom. The SMILES string of the molecule is CC(C)(C)OC(=O)N1CCN2c3cc(-c4ccccc4O)nnc3N(C(=O)OC(C)(C)C)CC2C1. The van der Waals surface area contributed by atoms with Crippen LogP contribution in [0.5, 0.6) is 5.75 Å². The molecule has 0 aliphatic carbocycles. The number of fused-ring (bicyclic) bond motifs is 3. The second kappa shape index (κ2) is 8.90. The van der Waals surface area contributed by atoms with Gasteiger partial charge in [0.15, 0.2) is 5.82 Å². The van der Waals surface area contributed by atoms with Crippen LogP contribution in [0.2, 0.25) is 0 Å². The lowest BCUT2D eigenvalue weighted by Crippen LogP contribution is -2.62. The molecule has 10 nitrogen and oxygen atoms in total. The molecule has 4 rings (SSSR count). The van der Waals surface area contributed by atoms with Gasteiger partial charge in [-0.15, -0.1) is 10.2 Å². The summed E-state index contributed by atoms with van der Waals surface area (Å²) >= 11 is 0. The summed E-state index contributed by atoms with van der Waals surface area (Å²) in [6.07, 6.45) is -0.910. The van der Waals surface area contributed by atoms with Crippen molar-refractivity contribution in [2.24, 2.45) is 0 Å². The summed E-state index contributed by atoms with van der Waals surface area (Å²) < 4.78 is 11.2. The zero-order valence-electron chi connectivity index (χ0n) is 21.1. The topological polar surface area (TPSA) is 108 Å². The highest BCUT2D eigenvalue weighted by Gasteiger charge is 2.41. The van der Waals surface area contributed by atoms with E-state index in [9.17, 15) is 14.7 Å². The molecule has 1 N–H and O–H groups in total. The third-order valence-corrected chi connectivity index (χ3v) is 5.64. The van der Waals surface area contributed by atoms with E-state index in [4.69, 9.17) is 9.47 Å². The molecule has 2 aromatic rings.